The molecule has 0 aliphatic rings. The minimum absolute atomic E-state index is 0.594. The van der Waals surface area contributed by atoms with Crippen molar-refractivity contribution in [2.75, 3.05) is 0 Å². The quantitative estimate of drug-likeness (QED) is 0.188. The second-order valence-corrected chi connectivity index (χ2v) is 12.4. The summed E-state index contributed by atoms with van der Waals surface area (Å²) < 4.78 is 9.07. The highest BCUT2D eigenvalue weighted by molar-refractivity contribution is 6.15. The van der Waals surface area contributed by atoms with E-state index in [0.717, 1.165) is 60.9 Å². The van der Waals surface area contributed by atoms with E-state index in [-0.39, 0.29) is 0 Å². The van der Waals surface area contributed by atoms with Gasteiger partial charge in [-0.15, -0.1) is 0 Å². The number of benzene rings is 7. The Kier molecular flexibility index (Phi) is 6.42. The lowest BCUT2D eigenvalue weighted by atomic mass is 10.0. The number of hydrogen-bond acceptors (Lipinski definition) is 4. The van der Waals surface area contributed by atoms with E-state index in [2.05, 4.69) is 126 Å². The Morgan fingerprint density at radius 3 is 1.56 bits per heavy atom. The summed E-state index contributed by atoms with van der Waals surface area (Å²) in [5.74, 6) is 1.83. The molecule has 0 N–H and O–H groups in total. The molecule has 5 nitrogen and oxygen atoms in total. The first-order valence-corrected chi connectivity index (χ1v) is 16.7. The van der Waals surface area contributed by atoms with Crippen LogP contribution in [0.15, 0.2) is 174 Å². The van der Waals surface area contributed by atoms with E-state index in [9.17, 15) is 0 Å². The smallest absolute Gasteiger partial charge is 0.164 e. The minimum atomic E-state index is 0.594. The molecule has 7 aromatic carbocycles. The zero-order valence-electron chi connectivity index (χ0n) is 26.9. The van der Waals surface area contributed by atoms with Crippen molar-refractivity contribution in [1.82, 2.24) is 19.5 Å². The number of rotatable bonds is 5. The summed E-state index contributed by atoms with van der Waals surface area (Å²) >= 11 is 0. The van der Waals surface area contributed by atoms with Crippen molar-refractivity contribution in [2.24, 2.45) is 0 Å². The zero-order chi connectivity index (χ0) is 33.0. The summed E-state index contributed by atoms with van der Waals surface area (Å²) in [4.78, 5) is 15.2. The molecule has 0 saturated heterocycles. The van der Waals surface area contributed by atoms with Gasteiger partial charge >= 0.3 is 0 Å². The molecule has 0 amide bonds. The second kappa shape index (κ2) is 11.4. The highest BCUT2D eigenvalue weighted by Gasteiger charge is 2.21. The number of fused-ring (bicyclic) bond motifs is 6. The van der Waals surface area contributed by atoms with Crippen LogP contribution in [0.25, 0.3) is 94.7 Å². The molecular weight excluding hydrogens is 613 g/mol. The molecule has 0 spiro atoms. The molecule has 0 atom stereocenters. The van der Waals surface area contributed by atoms with Crippen molar-refractivity contribution in [1.29, 1.82) is 0 Å². The van der Waals surface area contributed by atoms with Gasteiger partial charge in [0.05, 0.1) is 16.7 Å². The van der Waals surface area contributed by atoms with Gasteiger partial charge in [0.15, 0.2) is 23.1 Å². The second-order valence-electron chi connectivity index (χ2n) is 12.4. The average molecular weight is 641 g/mol. The summed E-state index contributed by atoms with van der Waals surface area (Å²) in [5.41, 5.74) is 9.89. The molecule has 0 radical (unpaired) electrons. The number of nitrogens with zero attached hydrogens (tertiary/aromatic N) is 4. The molecule has 0 unspecified atom stereocenters. The van der Waals surface area contributed by atoms with Gasteiger partial charge < -0.3 is 8.98 Å². The largest absolute Gasteiger partial charge is 0.454 e. The van der Waals surface area contributed by atoms with Crippen molar-refractivity contribution < 1.29 is 4.42 Å². The summed E-state index contributed by atoms with van der Waals surface area (Å²) in [6.45, 7) is 0. The molecule has 3 heterocycles. The van der Waals surface area contributed by atoms with Crippen LogP contribution < -0.4 is 0 Å². The number of aromatic nitrogens is 4. The van der Waals surface area contributed by atoms with Gasteiger partial charge in [-0.25, -0.2) is 15.0 Å². The van der Waals surface area contributed by atoms with Gasteiger partial charge in [-0.1, -0.05) is 146 Å². The van der Waals surface area contributed by atoms with E-state index in [1.807, 2.05) is 48.5 Å². The summed E-state index contributed by atoms with van der Waals surface area (Å²) in [7, 11) is 0. The first-order chi connectivity index (χ1) is 24.8. The van der Waals surface area contributed by atoms with Crippen LogP contribution in [0.4, 0.5) is 0 Å². The lowest BCUT2D eigenvalue weighted by molar-refractivity contribution is 0.666. The average Bonchev–Trinajstić information content (AvgIpc) is 3.75. The van der Waals surface area contributed by atoms with Crippen molar-refractivity contribution in [3.63, 3.8) is 0 Å². The molecule has 234 valence electrons. The standard InChI is InChI=1S/C45H28N4O/c1-3-13-29(14-4-1)30-25-27-32(28-26-30)44-46-43(31-15-5-2-6-16-31)47-45(48-44)36-20-12-24-40-41(36)35-19-11-23-39(42(35)50-40)49-37-21-9-7-17-33(37)34-18-8-10-22-38(34)49/h1-28H. The summed E-state index contributed by atoms with van der Waals surface area (Å²) in [6, 6.07) is 58.5. The highest BCUT2D eigenvalue weighted by Crippen LogP contribution is 2.41. The molecule has 3 aromatic heterocycles. The van der Waals surface area contributed by atoms with E-state index >= 15 is 0 Å². The van der Waals surface area contributed by atoms with Gasteiger partial charge in [0.25, 0.3) is 0 Å². The maximum absolute atomic E-state index is 6.76. The van der Waals surface area contributed by atoms with Crippen molar-refractivity contribution >= 4 is 43.7 Å². The summed E-state index contributed by atoms with van der Waals surface area (Å²) in [5, 5.41) is 4.39. The van der Waals surface area contributed by atoms with Gasteiger partial charge in [-0.3, -0.25) is 0 Å². The van der Waals surface area contributed by atoms with Crippen LogP contribution >= 0.6 is 0 Å². The Morgan fingerprint density at radius 2 is 0.880 bits per heavy atom. The Balaban J connectivity index is 1.19. The molecule has 0 aliphatic heterocycles. The van der Waals surface area contributed by atoms with Crippen LogP contribution in [-0.4, -0.2) is 19.5 Å². The minimum Gasteiger partial charge on any atom is -0.454 e. The first kappa shape index (κ1) is 28.2. The molecule has 50 heavy (non-hydrogen) atoms. The number of furan rings is 1. The fourth-order valence-corrected chi connectivity index (χ4v) is 7.16. The van der Waals surface area contributed by atoms with Gasteiger partial charge in [0, 0.05) is 38.2 Å². The van der Waals surface area contributed by atoms with E-state index < -0.39 is 0 Å². The van der Waals surface area contributed by atoms with Crippen LogP contribution in [0.1, 0.15) is 0 Å². The third-order valence-corrected chi connectivity index (χ3v) is 9.48. The van der Waals surface area contributed by atoms with Gasteiger partial charge in [-0.05, 0) is 35.4 Å². The maximum Gasteiger partial charge on any atom is 0.164 e. The van der Waals surface area contributed by atoms with E-state index in [1.165, 1.54) is 16.3 Å². The third kappa shape index (κ3) is 4.52. The molecule has 10 rings (SSSR count). The van der Waals surface area contributed by atoms with E-state index in [1.54, 1.807) is 0 Å². The Morgan fingerprint density at radius 1 is 0.380 bits per heavy atom. The maximum atomic E-state index is 6.76. The topological polar surface area (TPSA) is 56.7 Å². The van der Waals surface area contributed by atoms with Gasteiger partial charge in [0.1, 0.15) is 5.58 Å². The van der Waals surface area contributed by atoms with Crippen LogP contribution in [0.3, 0.4) is 0 Å². The molecule has 5 heteroatoms. The highest BCUT2D eigenvalue weighted by atomic mass is 16.3. The lowest BCUT2D eigenvalue weighted by Crippen LogP contribution is -2.00. The monoisotopic (exact) mass is 640 g/mol. The van der Waals surface area contributed by atoms with Gasteiger partial charge in [-0.2, -0.15) is 0 Å². The molecular formula is C45H28N4O. The predicted molar refractivity (Wildman–Crippen MR) is 203 cm³/mol. The predicted octanol–water partition coefficient (Wildman–Crippen LogP) is 11.5. The van der Waals surface area contributed by atoms with Crippen LogP contribution in [-0.2, 0) is 0 Å². The van der Waals surface area contributed by atoms with Crippen LogP contribution in [0.5, 0.6) is 0 Å². The Bertz CT molecular complexity index is 2800. The normalized spacial score (nSPS) is 11.6. The van der Waals surface area contributed by atoms with Crippen molar-refractivity contribution in [3.8, 4) is 51.0 Å². The molecule has 0 bridgehead atoms. The van der Waals surface area contributed by atoms with Crippen LogP contribution in [0, 0.1) is 0 Å². The molecule has 0 saturated carbocycles. The third-order valence-electron chi connectivity index (χ3n) is 9.48. The molecule has 0 aliphatic carbocycles. The Hall–Kier alpha value is -6.85. The number of para-hydroxylation sites is 3. The van der Waals surface area contributed by atoms with E-state index in [0.29, 0.717) is 17.5 Å². The molecule has 0 fully saturated rings. The van der Waals surface area contributed by atoms with Gasteiger partial charge in [0.2, 0.25) is 0 Å². The fraction of sp³-hybridized carbons (Fsp3) is 0. The lowest BCUT2D eigenvalue weighted by Gasteiger charge is -2.10. The number of hydrogen-bond donors (Lipinski definition) is 0. The summed E-state index contributed by atoms with van der Waals surface area (Å²) in [6.07, 6.45) is 0. The first-order valence-electron chi connectivity index (χ1n) is 16.7. The Labute approximate surface area is 287 Å². The van der Waals surface area contributed by atoms with E-state index in [4.69, 9.17) is 19.4 Å². The fourth-order valence-electron chi connectivity index (χ4n) is 7.16. The van der Waals surface area contributed by atoms with Crippen molar-refractivity contribution in [2.45, 2.75) is 0 Å². The SMILES string of the molecule is c1ccc(-c2ccc(-c3nc(-c4ccccc4)nc(-c4cccc5oc6c(-n7c8ccccc8c8ccccc87)cccc6c45)n3)cc2)cc1. The molecule has 10 aromatic rings. The van der Waals surface area contributed by atoms with Crippen LogP contribution in [0.2, 0.25) is 0 Å². The zero-order valence-corrected chi connectivity index (χ0v) is 26.9. The van der Waals surface area contributed by atoms with Crippen molar-refractivity contribution in [3.05, 3.63) is 170 Å².